The molecule has 0 aliphatic carbocycles. The van der Waals surface area contributed by atoms with Gasteiger partial charge in [0.2, 0.25) is 5.91 Å². The number of hydrogen-bond acceptors (Lipinski definition) is 5. The summed E-state index contributed by atoms with van der Waals surface area (Å²) in [4.78, 5) is 16.5. The molecule has 1 atom stereocenters. The Hall–Kier alpha value is -1.67. The third kappa shape index (κ3) is 6.28. The molecule has 9 heteroatoms. The first-order valence-electron chi connectivity index (χ1n) is 7.76. The highest BCUT2D eigenvalue weighted by molar-refractivity contribution is 5.90. The van der Waals surface area contributed by atoms with Crippen LogP contribution < -0.4 is 10.6 Å². The lowest BCUT2D eigenvalue weighted by Gasteiger charge is -2.23. The van der Waals surface area contributed by atoms with Gasteiger partial charge in [-0.25, -0.2) is 4.68 Å². The summed E-state index contributed by atoms with van der Waals surface area (Å²) in [5.41, 5.74) is 1.75. The molecule has 0 radical (unpaired) electrons. The van der Waals surface area contributed by atoms with Crippen LogP contribution in [-0.2, 0) is 16.1 Å². The summed E-state index contributed by atoms with van der Waals surface area (Å²) >= 11 is 0. The maximum atomic E-state index is 12.2. The second-order valence-corrected chi connectivity index (χ2v) is 5.63. The van der Waals surface area contributed by atoms with E-state index >= 15 is 0 Å². The number of morpholine rings is 1. The number of hydrogen-bond donors (Lipinski definition) is 2. The number of carbonyl (C=O) groups is 1. The minimum Gasteiger partial charge on any atom is -0.378 e. The number of amides is 1. The van der Waals surface area contributed by atoms with Crippen LogP contribution in [0.3, 0.4) is 0 Å². The van der Waals surface area contributed by atoms with Crippen molar-refractivity contribution < 1.29 is 9.53 Å². The average Bonchev–Trinajstić information content (AvgIpc) is 2.88. The summed E-state index contributed by atoms with van der Waals surface area (Å²) in [6.45, 7) is 4.48. The van der Waals surface area contributed by atoms with Crippen molar-refractivity contribution in [3.05, 3.63) is 41.9 Å². The smallest absolute Gasteiger partial charge is 0.227 e. The monoisotopic (exact) mass is 387 g/mol. The van der Waals surface area contributed by atoms with Gasteiger partial charge >= 0.3 is 0 Å². The zero-order chi connectivity index (χ0) is 16.1. The van der Waals surface area contributed by atoms with E-state index in [1.54, 1.807) is 10.9 Å². The van der Waals surface area contributed by atoms with Crippen molar-refractivity contribution in [2.24, 2.45) is 0 Å². The number of nitrogens with one attached hydrogen (secondary N) is 2. The molecule has 0 saturated carbocycles. The van der Waals surface area contributed by atoms with E-state index in [9.17, 15) is 4.79 Å². The highest BCUT2D eigenvalue weighted by atomic mass is 35.5. The topological polar surface area (TPSA) is 81.1 Å². The molecule has 2 aromatic heterocycles. The van der Waals surface area contributed by atoms with Gasteiger partial charge in [0, 0.05) is 31.3 Å². The van der Waals surface area contributed by atoms with Crippen molar-refractivity contribution in [1.29, 1.82) is 0 Å². The molecule has 1 aliphatic heterocycles. The summed E-state index contributed by atoms with van der Waals surface area (Å²) in [7, 11) is 0. The van der Waals surface area contributed by atoms with E-state index in [1.807, 2.05) is 31.2 Å². The van der Waals surface area contributed by atoms with Gasteiger partial charge < -0.3 is 15.4 Å². The lowest BCUT2D eigenvalue weighted by atomic mass is 10.2. The molecule has 138 valence electrons. The van der Waals surface area contributed by atoms with Gasteiger partial charge in [-0.05, 0) is 19.1 Å². The number of nitrogens with zero attached hydrogens (tertiary/aromatic N) is 3. The van der Waals surface area contributed by atoms with Crippen molar-refractivity contribution in [3.63, 3.8) is 0 Å². The first-order chi connectivity index (χ1) is 11.2. The Bertz CT molecular complexity index is 660. The molecular weight excluding hydrogens is 365 g/mol. The Labute approximate surface area is 159 Å². The van der Waals surface area contributed by atoms with Crippen LogP contribution in [0.15, 0.2) is 30.5 Å². The molecule has 1 amide bonds. The average molecular weight is 388 g/mol. The van der Waals surface area contributed by atoms with Crippen LogP contribution >= 0.6 is 24.8 Å². The van der Waals surface area contributed by atoms with Crippen molar-refractivity contribution in [2.45, 2.75) is 25.9 Å². The molecule has 0 spiro atoms. The number of aromatic nitrogens is 3. The number of anilines is 1. The Morgan fingerprint density at radius 3 is 2.96 bits per heavy atom. The number of carbonyl (C=O) groups excluding carboxylic acids is 1. The molecule has 0 bridgehead atoms. The fourth-order valence-corrected chi connectivity index (χ4v) is 2.58. The van der Waals surface area contributed by atoms with Crippen molar-refractivity contribution in [1.82, 2.24) is 20.1 Å². The molecule has 25 heavy (non-hydrogen) atoms. The number of ether oxygens (including phenoxy) is 1. The molecule has 1 aliphatic rings. The molecule has 2 aromatic rings. The van der Waals surface area contributed by atoms with Crippen molar-refractivity contribution in [3.8, 4) is 0 Å². The van der Waals surface area contributed by atoms with Crippen molar-refractivity contribution in [2.75, 3.05) is 25.1 Å². The van der Waals surface area contributed by atoms with Gasteiger partial charge in [-0.2, -0.15) is 5.10 Å². The molecule has 1 fully saturated rings. The van der Waals surface area contributed by atoms with Crippen molar-refractivity contribution >= 4 is 36.5 Å². The SMILES string of the molecule is Cc1cc(NC(=O)CC2COCCN2)n(Cc2ccccn2)n1.Cl.Cl. The fraction of sp³-hybridized carbons (Fsp3) is 0.438. The molecule has 7 nitrogen and oxygen atoms in total. The van der Waals surface area contributed by atoms with Crippen LogP contribution in [0.1, 0.15) is 17.8 Å². The Morgan fingerprint density at radius 1 is 1.44 bits per heavy atom. The van der Waals surface area contributed by atoms with Crippen LogP contribution in [0.25, 0.3) is 0 Å². The zero-order valence-electron chi connectivity index (χ0n) is 14.0. The Kier molecular flexibility index (Phi) is 8.85. The van der Waals surface area contributed by atoms with E-state index in [-0.39, 0.29) is 36.8 Å². The molecule has 1 unspecified atom stereocenters. The first-order valence-corrected chi connectivity index (χ1v) is 7.76. The van der Waals surface area contributed by atoms with Gasteiger partial charge in [0.15, 0.2) is 0 Å². The van der Waals surface area contributed by atoms with E-state index in [1.165, 1.54) is 0 Å². The van der Waals surface area contributed by atoms with E-state index in [0.717, 1.165) is 17.9 Å². The first kappa shape index (κ1) is 21.4. The van der Waals surface area contributed by atoms with E-state index < -0.39 is 0 Å². The third-order valence-electron chi connectivity index (χ3n) is 3.64. The van der Waals surface area contributed by atoms with E-state index in [0.29, 0.717) is 32.0 Å². The summed E-state index contributed by atoms with van der Waals surface area (Å²) < 4.78 is 7.14. The summed E-state index contributed by atoms with van der Waals surface area (Å²) in [5.74, 6) is 0.644. The number of pyridine rings is 1. The molecular formula is C16H23Cl2N5O2. The van der Waals surface area contributed by atoms with Gasteiger partial charge in [-0.15, -0.1) is 24.8 Å². The predicted molar refractivity (Wildman–Crippen MR) is 101 cm³/mol. The van der Waals surface area contributed by atoms with Crippen LogP contribution in [0, 0.1) is 6.92 Å². The standard InChI is InChI=1S/C16H21N5O2.2ClH/c1-12-8-15(19-16(22)9-14-11-23-7-6-18-14)21(20-12)10-13-4-2-3-5-17-13;;/h2-5,8,14,18H,6-7,9-11H2,1H3,(H,19,22);2*1H. The predicted octanol–water partition coefficient (Wildman–Crippen LogP) is 1.80. The molecule has 3 heterocycles. The van der Waals surface area contributed by atoms with E-state index in [2.05, 4.69) is 20.7 Å². The lowest BCUT2D eigenvalue weighted by molar-refractivity contribution is -0.117. The minimum absolute atomic E-state index is 0. The molecule has 3 rings (SSSR count). The number of aryl methyl sites for hydroxylation is 1. The Morgan fingerprint density at radius 2 is 2.28 bits per heavy atom. The second-order valence-electron chi connectivity index (χ2n) is 5.63. The lowest BCUT2D eigenvalue weighted by Crippen LogP contribution is -2.43. The fourth-order valence-electron chi connectivity index (χ4n) is 2.58. The normalized spacial score (nSPS) is 16.4. The van der Waals surface area contributed by atoms with Gasteiger partial charge in [0.25, 0.3) is 0 Å². The van der Waals surface area contributed by atoms with Crippen LogP contribution in [0.4, 0.5) is 5.82 Å². The maximum Gasteiger partial charge on any atom is 0.227 e. The van der Waals surface area contributed by atoms with Gasteiger partial charge in [0.1, 0.15) is 5.82 Å². The van der Waals surface area contributed by atoms with Gasteiger partial charge in [-0.1, -0.05) is 6.07 Å². The summed E-state index contributed by atoms with van der Waals surface area (Å²) in [5, 5.41) is 10.6. The van der Waals surface area contributed by atoms with Gasteiger partial charge in [0.05, 0.1) is 31.1 Å². The molecule has 1 saturated heterocycles. The Balaban J connectivity index is 0.00000156. The number of halogens is 2. The third-order valence-corrected chi connectivity index (χ3v) is 3.64. The van der Waals surface area contributed by atoms with Crippen LogP contribution in [-0.4, -0.2) is 46.5 Å². The quantitative estimate of drug-likeness (QED) is 0.817. The highest BCUT2D eigenvalue weighted by Gasteiger charge is 2.18. The maximum absolute atomic E-state index is 12.2. The summed E-state index contributed by atoms with van der Waals surface area (Å²) in [6.07, 6.45) is 2.13. The van der Waals surface area contributed by atoms with Crippen LogP contribution in [0.5, 0.6) is 0 Å². The van der Waals surface area contributed by atoms with Gasteiger partial charge in [-0.3, -0.25) is 9.78 Å². The highest BCUT2D eigenvalue weighted by Crippen LogP contribution is 2.13. The van der Waals surface area contributed by atoms with E-state index in [4.69, 9.17) is 4.74 Å². The van der Waals surface area contributed by atoms with Crippen LogP contribution in [0.2, 0.25) is 0 Å². The largest absolute Gasteiger partial charge is 0.378 e. The minimum atomic E-state index is -0.0461. The number of rotatable bonds is 5. The summed E-state index contributed by atoms with van der Waals surface area (Å²) in [6, 6.07) is 7.68. The second kappa shape index (κ2) is 10.4. The molecule has 0 aromatic carbocycles. The molecule has 2 N–H and O–H groups in total. The zero-order valence-corrected chi connectivity index (χ0v) is 15.6.